The normalized spacial score (nSPS) is 14.9. The molecule has 0 radical (unpaired) electrons. The minimum absolute atomic E-state index is 0.146. The van der Waals surface area contributed by atoms with Gasteiger partial charge in [0.25, 0.3) is 11.8 Å². The van der Waals surface area contributed by atoms with Gasteiger partial charge in [-0.1, -0.05) is 59.9 Å². The van der Waals surface area contributed by atoms with Gasteiger partial charge in [0.05, 0.1) is 4.91 Å². The van der Waals surface area contributed by atoms with Gasteiger partial charge in [0.2, 0.25) is 0 Å². The van der Waals surface area contributed by atoms with Gasteiger partial charge in [0.1, 0.15) is 10.1 Å². The molecule has 0 unspecified atom stereocenters. The molecule has 1 fully saturated rings. The Morgan fingerprint density at radius 1 is 1.33 bits per heavy atom. The zero-order chi connectivity index (χ0) is 21.7. The van der Waals surface area contributed by atoms with Crippen molar-refractivity contribution < 1.29 is 14.3 Å². The third-order valence-electron chi connectivity index (χ3n) is 4.25. The summed E-state index contributed by atoms with van der Waals surface area (Å²) < 4.78 is 6.11. The number of halogens is 1. The summed E-state index contributed by atoms with van der Waals surface area (Å²) in [5, 5.41) is 3.37. The number of nitrogens with one attached hydrogen (secondary N) is 1. The lowest BCUT2D eigenvalue weighted by Crippen LogP contribution is -2.27. The highest BCUT2D eigenvalue weighted by atomic mass is 35.5. The molecule has 2 aromatic rings. The summed E-state index contributed by atoms with van der Waals surface area (Å²) in [5.41, 5.74) is 2.22. The molecule has 1 aliphatic heterocycles. The second-order valence-electron chi connectivity index (χ2n) is 6.40. The largest absolute Gasteiger partial charge is 0.484 e. The fraction of sp³-hybridized carbons (Fsp3) is 0.136. The van der Waals surface area contributed by atoms with Crippen molar-refractivity contribution in [2.24, 2.45) is 0 Å². The quantitative estimate of drug-likeness (QED) is 0.357. The second kappa shape index (κ2) is 9.93. The van der Waals surface area contributed by atoms with E-state index in [1.54, 1.807) is 48.6 Å². The van der Waals surface area contributed by atoms with E-state index in [-0.39, 0.29) is 18.4 Å². The number of carbonyl (C=O) groups excluding carboxylic acids is 2. The lowest BCUT2D eigenvalue weighted by Gasteiger charge is -2.11. The van der Waals surface area contributed by atoms with Crippen molar-refractivity contribution in [2.75, 3.05) is 18.5 Å². The molecular formula is C22H19ClN2O3S2. The van der Waals surface area contributed by atoms with E-state index in [2.05, 4.69) is 11.9 Å². The third kappa shape index (κ3) is 5.30. The van der Waals surface area contributed by atoms with Crippen LogP contribution in [-0.4, -0.2) is 34.2 Å². The summed E-state index contributed by atoms with van der Waals surface area (Å²) in [6.07, 6.45) is 3.39. The number of thiocarbonyl (C=S) groups is 1. The lowest BCUT2D eigenvalue weighted by molar-refractivity contribution is -0.121. The summed E-state index contributed by atoms with van der Waals surface area (Å²) >= 11 is 12.6. The van der Waals surface area contributed by atoms with Crippen LogP contribution in [0.5, 0.6) is 5.75 Å². The molecule has 1 saturated heterocycles. The molecule has 154 valence electrons. The van der Waals surface area contributed by atoms with Crippen molar-refractivity contribution in [2.45, 2.75) is 6.92 Å². The van der Waals surface area contributed by atoms with Crippen LogP contribution in [0.25, 0.3) is 6.08 Å². The minimum Gasteiger partial charge on any atom is -0.484 e. The number of hydrogen-bond acceptors (Lipinski definition) is 5. The fourth-order valence-electron chi connectivity index (χ4n) is 2.71. The predicted octanol–water partition coefficient (Wildman–Crippen LogP) is 5.05. The first-order valence-electron chi connectivity index (χ1n) is 9.03. The predicted molar refractivity (Wildman–Crippen MR) is 127 cm³/mol. The molecule has 0 atom stereocenters. The topological polar surface area (TPSA) is 58.6 Å². The zero-order valence-corrected chi connectivity index (χ0v) is 18.6. The molecule has 1 aliphatic rings. The van der Waals surface area contributed by atoms with Crippen LogP contribution in [0.1, 0.15) is 11.1 Å². The van der Waals surface area contributed by atoms with Gasteiger partial charge >= 0.3 is 0 Å². The van der Waals surface area contributed by atoms with Crippen molar-refractivity contribution in [3.8, 4) is 5.75 Å². The highest BCUT2D eigenvalue weighted by molar-refractivity contribution is 8.26. The van der Waals surface area contributed by atoms with Crippen molar-refractivity contribution in [3.63, 3.8) is 0 Å². The first-order valence-corrected chi connectivity index (χ1v) is 10.6. The zero-order valence-electron chi connectivity index (χ0n) is 16.2. The van der Waals surface area contributed by atoms with E-state index < -0.39 is 0 Å². The summed E-state index contributed by atoms with van der Waals surface area (Å²) in [6.45, 7) is 5.70. The Morgan fingerprint density at radius 3 is 2.87 bits per heavy atom. The molecular weight excluding hydrogens is 440 g/mol. The highest BCUT2D eigenvalue weighted by Gasteiger charge is 2.30. The van der Waals surface area contributed by atoms with Gasteiger partial charge in [-0.3, -0.25) is 14.5 Å². The van der Waals surface area contributed by atoms with E-state index in [1.807, 2.05) is 13.0 Å². The SMILES string of the molecule is C=CCN1C(=O)/C(=C/c2cccc(OCC(=O)Nc3cccc(Cl)c3C)c2)SC1=S. The van der Waals surface area contributed by atoms with Gasteiger partial charge in [0, 0.05) is 17.3 Å². The summed E-state index contributed by atoms with van der Waals surface area (Å²) in [7, 11) is 0. The van der Waals surface area contributed by atoms with Gasteiger partial charge in [0.15, 0.2) is 6.61 Å². The van der Waals surface area contributed by atoms with E-state index in [4.69, 9.17) is 28.6 Å². The Bertz CT molecular complexity index is 1050. The van der Waals surface area contributed by atoms with Crippen LogP contribution in [0.3, 0.4) is 0 Å². The van der Waals surface area contributed by atoms with Crippen LogP contribution >= 0.6 is 35.6 Å². The molecule has 0 spiro atoms. The van der Waals surface area contributed by atoms with E-state index in [0.29, 0.717) is 32.2 Å². The molecule has 0 saturated carbocycles. The molecule has 2 amide bonds. The van der Waals surface area contributed by atoms with E-state index in [1.165, 1.54) is 16.7 Å². The maximum Gasteiger partial charge on any atom is 0.266 e. The van der Waals surface area contributed by atoms with E-state index in [0.717, 1.165) is 11.1 Å². The van der Waals surface area contributed by atoms with Crippen LogP contribution in [0, 0.1) is 6.92 Å². The van der Waals surface area contributed by atoms with E-state index >= 15 is 0 Å². The Balaban J connectivity index is 1.64. The van der Waals surface area contributed by atoms with Crippen molar-refractivity contribution in [1.82, 2.24) is 4.90 Å². The highest BCUT2D eigenvalue weighted by Crippen LogP contribution is 2.32. The van der Waals surface area contributed by atoms with Crippen LogP contribution < -0.4 is 10.1 Å². The standard InChI is InChI=1S/C22H19ClN2O3S2/c1-3-10-25-21(27)19(30-22(25)29)12-15-6-4-7-16(11-15)28-13-20(26)24-18-9-5-8-17(23)14(18)2/h3-9,11-12H,1,10,13H2,2H3,(H,24,26)/b19-12-. The van der Waals surface area contributed by atoms with Crippen LogP contribution in [0.4, 0.5) is 5.69 Å². The number of thioether (sulfide) groups is 1. The van der Waals surface area contributed by atoms with Crippen LogP contribution in [0.2, 0.25) is 5.02 Å². The Labute approximate surface area is 189 Å². The maximum absolute atomic E-state index is 12.4. The molecule has 0 aromatic heterocycles. The number of benzene rings is 2. The van der Waals surface area contributed by atoms with E-state index in [9.17, 15) is 9.59 Å². The van der Waals surface area contributed by atoms with Gasteiger partial charge in [-0.05, 0) is 48.4 Å². The first kappa shape index (κ1) is 22.1. The molecule has 1 heterocycles. The maximum atomic E-state index is 12.4. The average molecular weight is 459 g/mol. The number of amides is 2. The molecule has 8 heteroatoms. The molecule has 30 heavy (non-hydrogen) atoms. The first-order chi connectivity index (χ1) is 14.4. The van der Waals surface area contributed by atoms with Gasteiger partial charge < -0.3 is 10.1 Å². The van der Waals surface area contributed by atoms with Crippen molar-refractivity contribution in [1.29, 1.82) is 0 Å². The summed E-state index contributed by atoms with van der Waals surface area (Å²) in [6, 6.07) is 12.5. The number of ether oxygens (including phenoxy) is 1. The van der Waals surface area contributed by atoms with Gasteiger partial charge in [-0.25, -0.2) is 0 Å². The summed E-state index contributed by atoms with van der Waals surface area (Å²) in [4.78, 5) is 26.7. The van der Waals surface area contributed by atoms with Crippen LogP contribution in [0.15, 0.2) is 60.0 Å². The van der Waals surface area contributed by atoms with Crippen molar-refractivity contribution >= 4 is 63.5 Å². The molecule has 2 aromatic carbocycles. The Kier molecular flexibility index (Phi) is 7.31. The second-order valence-corrected chi connectivity index (χ2v) is 8.49. The van der Waals surface area contributed by atoms with Gasteiger partial charge in [-0.15, -0.1) is 6.58 Å². The smallest absolute Gasteiger partial charge is 0.266 e. The number of rotatable bonds is 7. The Hall–Kier alpha value is -2.61. The molecule has 3 rings (SSSR count). The fourth-order valence-corrected chi connectivity index (χ4v) is 4.16. The number of anilines is 1. The minimum atomic E-state index is -0.295. The monoisotopic (exact) mass is 458 g/mol. The molecule has 0 aliphatic carbocycles. The van der Waals surface area contributed by atoms with Crippen LogP contribution in [-0.2, 0) is 9.59 Å². The third-order valence-corrected chi connectivity index (χ3v) is 6.04. The summed E-state index contributed by atoms with van der Waals surface area (Å²) in [5.74, 6) is 0.0758. The lowest BCUT2D eigenvalue weighted by atomic mass is 10.2. The average Bonchev–Trinajstić information content (AvgIpc) is 2.98. The van der Waals surface area contributed by atoms with Crippen molar-refractivity contribution in [3.05, 3.63) is 76.2 Å². The number of carbonyl (C=O) groups is 2. The Morgan fingerprint density at radius 2 is 2.10 bits per heavy atom. The molecule has 0 bridgehead atoms. The van der Waals surface area contributed by atoms with Gasteiger partial charge in [-0.2, -0.15) is 0 Å². The number of hydrogen-bond donors (Lipinski definition) is 1. The number of nitrogens with zero attached hydrogens (tertiary/aromatic N) is 1. The molecule has 1 N–H and O–H groups in total. The molecule has 5 nitrogen and oxygen atoms in total.